The standard InChI is InChI=1S/C24H42N4O3.HI/c1-6-28(7-2)14-17-31-22-9-8-21(18-23(22)29-5)19-26-24(25-3)27(4)13-10-20-11-15-30-16-12-20;/h8-9,18,20H,6-7,10-17,19H2,1-5H3,(H,25,26);1H. The van der Waals surface area contributed by atoms with Gasteiger partial charge in [0.25, 0.3) is 0 Å². The summed E-state index contributed by atoms with van der Waals surface area (Å²) in [4.78, 5) is 8.99. The molecule has 1 fully saturated rings. The van der Waals surface area contributed by atoms with Crippen molar-refractivity contribution in [3.63, 3.8) is 0 Å². The summed E-state index contributed by atoms with van der Waals surface area (Å²) in [5, 5.41) is 3.47. The highest BCUT2D eigenvalue weighted by Gasteiger charge is 2.15. The third kappa shape index (κ3) is 9.70. The van der Waals surface area contributed by atoms with Crippen molar-refractivity contribution in [1.29, 1.82) is 0 Å². The minimum atomic E-state index is 0. The Morgan fingerprint density at radius 2 is 1.88 bits per heavy atom. The molecule has 1 heterocycles. The lowest BCUT2D eigenvalue weighted by Crippen LogP contribution is -2.39. The Labute approximate surface area is 211 Å². The average molecular weight is 563 g/mol. The highest BCUT2D eigenvalue weighted by Crippen LogP contribution is 2.28. The van der Waals surface area contributed by atoms with Crippen LogP contribution in [0.3, 0.4) is 0 Å². The molecule has 2 rings (SSSR count). The van der Waals surface area contributed by atoms with Crippen LogP contribution in [0.5, 0.6) is 11.5 Å². The van der Waals surface area contributed by atoms with Gasteiger partial charge in [-0.3, -0.25) is 4.99 Å². The molecule has 1 aliphatic rings. The molecule has 7 nitrogen and oxygen atoms in total. The van der Waals surface area contributed by atoms with E-state index in [1.807, 2.05) is 19.2 Å². The zero-order valence-electron chi connectivity index (χ0n) is 20.6. The van der Waals surface area contributed by atoms with E-state index in [1.165, 1.54) is 19.3 Å². The Morgan fingerprint density at radius 1 is 1.16 bits per heavy atom. The average Bonchev–Trinajstić information content (AvgIpc) is 2.82. The molecule has 0 spiro atoms. The minimum Gasteiger partial charge on any atom is -0.493 e. The van der Waals surface area contributed by atoms with Gasteiger partial charge in [0.05, 0.1) is 7.11 Å². The molecule has 1 saturated heterocycles. The summed E-state index contributed by atoms with van der Waals surface area (Å²) < 4.78 is 17.0. The summed E-state index contributed by atoms with van der Waals surface area (Å²) in [6, 6.07) is 6.11. The molecule has 0 aromatic heterocycles. The van der Waals surface area contributed by atoms with Crippen molar-refractivity contribution in [2.24, 2.45) is 10.9 Å². The van der Waals surface area contributed by atoms with E-state index in [2.05, 4.69) is 47.1 Å². The number of hydrogen-bond acceptors (Lipinski definition) is 5. The summed E-state index contributed by atoms with van der Waals surface area (Å²) in [5.41, 5.74) is 1.13. The first-order chi connectivity index (χ1) is 15.1. The van der Waals surface area contributed by atoms with E-state index in [4.69, 9.17) is 14.2 Å². The van der Waals surface area contributed by atoms with Crippen LogP contribution in [-0.4, -0.2) is 83.0 Å². The number of halogens is 1. The summed E-state index contributed by atoms with van der Waals surface area (Å²) >= 11 is 0. The maximum Gasteiger partial charge on any atom is 0.193 e. The second-order valence-electron chi connectivity index (χ2n) is 8.03. The number of aliphatic imine (C=N–C) groups is 1. The summed E-state index contributed by atoms with van der Waals surface area (Å²) in [7, 11) is 5.62. The lowest BCUT2D eigenvalue weighted by Gasteiger charge is -2.27. The third-order valence-corrected chi connectivity index (χ3v) is 6.03. The van der Waals surface area contributed by atoms with Crippen LogP contribution in [0.25, 0.3) is 0 Å². The predicted molar refractivity (Wildman–Crippen MR) is 143 cm³/mol. The first kappa shape index (κ1) is 28.8. The Balaban J connectivity index is 0.00000512. The van der Waals surface area contributed by atoms with Crippen LogP contribution in [0.1, 0.15) is 38.7 Å². The van der Waals surface area contributed by atoms with Gasteiger partial charge in [0, 0.05) is 46.9 Å². The van der Waals surface area contributed by atoms with Crippen LogP contribution in [-0.2, 0) is 11.3 Å². The molecule has 0 saturated carbocycles. The van der Waals surface area contributed by atoms with E-state index >= 15 is 0 Å². The number of nitrogens with one attached hydrogen (secondary N) is 1. The van der Waals surface area contributed by atoms with Crippen LogP contribution in [0, 0.1) is 5.92 Å². The number of guanidine groups is 1. The largest absolute Gasteiger partial charge is 0.493 e. The number of benzene rings is 1. The maximum atomic E-state index is 5.96. The van der Waals surface area contributed by atoms with Crippen molar-refractivity contribution in [2.75, 3.05) is 67.2 Å². The van der Waals surface area contributed by atoms with E-state index in [-0.39, 0.29) is 24.0 Å². The summed E-state index contributed by atoms with van der Waals surface area (Å²) in [6.07, 6.45) is 3.51. The van der Waals surface area contributed by atoms with E-state index in [9.17, 15) is 0 Å². The normalized spacial score (nSPS) is 14.8. The summed E-state index contributed by atoms with van der Waals surface area (Å²) in [6.45, 7) is 11.5. The van der Waals surface area contributed by atoms with Gasteiger partial charge in [-0.15, -0.1) is 24.0 Å². The molecule has 1 aromatic rings. The fraction of sp³-hybridized carbons (Fsp3) is 0.708. The van der Waals surface area contributed by atoms with Crippen molar-refractivity contribution in [1.82, 2.24) is 15.1 Å². The third-order valence-electron chi connectivity index (χ3n) is 6.03. The van der Waals surface area contributed by atoms with Gasteiger partial charge in [0.15, 0.2) is 17.5 Å². The van der Waals surface area contributed by atoms with Crippen molar-refractivity contribution < 1.29 is 14.2 Å². The Morgan fingerprint density at radius 3 is 2.50 bits per heavy atom. The fourth-order valence-corrected chi connectivity index (χ4v) is 3.85. The van der Waals surface area contributed by atoms with Gasteiger partial charge in [-0.25, -0.2) is 0 Å². The topological polar surface area (TPSA) is 58.6 Å². The van der Waals surface area contributed by atoms with E-state index in [0.29, 0.717) is 13.2 Å². The molecule has 8 heteroatoms. The zero-order valence-corrected chi connectivity index (χ0v) is 22.9. The smallest absolute Gasteiger partial charge is 0.193 e. The lowest BCUT2D eigenvalue weighted by atomic mass is 9.96. The monoisotopic (exact) mass is 562 g/mol. The molecule has 0 aliphatic carbocycles. The van der Waals surface area contributed by atoms with Gasteiger partial charge < -0.3 is 29.3 Å². The first-order valence-electron chi connectivity index (χ1n) is 11.6. The fourth-order valence-electron chi connectivity index (χ4n) is 3.85. The van der Waals surface area contributed by atoms with Crippen LogP contribution in [0.15, 0.2) is 23.2 Å². The molecule has 32 heavy (non-hydrogen) atoms. The quantitative estimate of drug-likeness (QED) is 0.237. The maximum absolute atomic E-state index is 5.96. The van der Waals surface area contributed by atoms with Crippen LogP contribution in [0.4, 0.5) is 0 Å². The minimum absolute atomic E-state index is 0. The zero-order chi connectivity index (χ0) is 22.5. The molecule has 0 radical (unpaired) electrons. The number of ether oxygens (including phenoxy) is 3. The van der Waals surface area contributed by atoms with Gasteiger partial charge in [-0.1, -0.05) is 19.9 Å². The number of rotatable bonds is 12. The highest BCUT2D eigenvalue weighted by atomic mass is 127. The number of hydrogen-bond donors (Lipinski definition) is 1. The molecule has 1 aromatic carbocycles. The second kappa shape index (κ2) is 16.4. The van der Waals surface area contributed by atoms with Gasteiger partial charge in [-0.05, 0) is 56.0 Å². The predicted octanol–water partition coefficient (Wildman–Crippen LogP) is 3.86. The molecule has 184 valence electrons. The Kier molecular flexibility index (Phi) is 14.7. The SMILES string of the molecule is CCN(CC)CCOc1ccc(CNC(=NC)N(C)CCC2CCOCC2)cc1OC.I. The van der Waals surface area contributed by atoms with Crippen molar-refractivity contribution in [3.8, 4) is 11.5 Å². The molecular formula is C24H43IN4O3. The van der Waals surface area contributed by atoms with E-state index in [0.717, 1.165) is 68.3 Å². The molecule has 0 unspecified atom stereocenters. The van der Waals surface area contributed by atoms with Crippen LogP contribution in [0.2, 0.25) is 0 Å². The molecule has 0 atom stereocenters. The summed E-state index contributed by atoms with van der Waals surface area (Å²) in [5.74, 6) is 3.22. The number of likely N-dealkylation sites (N-methyl/N-ethyl adjacent to an activating group) is 1. The van der Waals surface area contributed by atoms with Crippen molar-refractivity contribution in [3.05, 3.63) is 23.8 Å². The van der Waals surface area contributed by atoms with Crippen LogP contribution < -0.4 is 14.8 Å². The first-order valence-corrected chi connectivity index (χ1v) is 11.6. The van der Waals surface area contributed by atoms with Crippen molar-refractivity contribution >= 4 is 29.9 Å². The lowest BCUT2D eigenvalue weighted by molar-refractivity contribution is 0.0625. The number of methoxy groups -OCH3 is 1. The van der Waals surface area contributed by atoms with E-state index < -0.39 is 0 Å². The molecule has 1 aliphatic heterocycles. The Bertz CT molecular complexity index is 665. The van der Waals surface area contributed by atoms with Gasteiger partial charge in [0.1, 0.15) is 6.61 Å². The molecule has 1 N–H and O–H groups in total. The Hall–Kier alpha value is -1.26. The second-order valence-corrected chi connectivity index (χ2v) is 8.03. The van der Waals surface area contributed by atoms with Gasteiger partial charge >= 0.3 is 0 Å². The molecular weight excluding hydrogens is 519 g/mol. The molecule has 0 bridgehead atoms. The van der Waals surface area contributed by atoms with Crippen LogP contribution >= 0.6 is 24.0 Å². The van der Waals surface area contributed by atoms with Crippen molar-refractivity contribution in [2.45, 2.75) is 39.7 Å². The molecule has 0 amide bonds. The van der Waals surface area contributed by atoms with E-state index in [1.54, 1.807) is 7.11 Å². The highest BCUT2D eigenvalue weighted by molar-refractivity contribution is 14.0. The van der Waals surface area contributed by atoms with Gasteiger partial charge in [-0.2, -0.15) is 0 Å². The number of nitrogens with zero attached hydrogens (tertiary/aromatic N) is 3. The van der Waals surface area contributed by atoms with Gasteiger partial charge in [0.2, 0.25) is 0 Å².